The molecule has 22 heavy (non-hydrogen) atoms. The summed E-state index contributed by atoms with van der Waals surface area (Å²) in [5.74, 6) is 0.854. The molecule has 5 nitrogen and oxygen atoms in total. The molecule has 5 heteroatoms. The van der Waals surface area contributed by atoms with Crippen LogP contribution in [0, 0.1) is 0 Å². The number of nitrogens with one attached hydrogen (secondary N) is 1. The van der Waals surface area contributed by atoms with Crippen LogP contribution in [0.3, 0.4) is 0 Å². The van der Waals surface area contributed by atoms with E-state index in [0.29, 0.717) is 19.4 Å². The Morgan fingerprint density at radius 1 is 1.45 bits per heavy atom. The lowest BCUT2D eigenvalue weighted by molar-refractivity contribution is -0.133. The Labute approximate surface area is 130 Å². The lowest BCUT2D eigenvalue weighted by atomic mass is 9.95. The van der Waals surface area contributed by atoms with Gasteiger partial charge < -0.3 is 15.0 Å². The first-order valence-corrected chi connectivity index (χ1v) is 7.74. The third-order valence-corrected chi connectivity index (χ3v) is 4.93. The first-order valence-electron chi connectivity index (χ1n) is 7.74. The van der Waals surface area contributed by atoms with Gasteiger partial charge >= 0.3 is 0 Å². The van der Waals surface area contributed by atoms with E-state index in [9.17, 15) is 9.59 Å². The summed E-state index contributed by atoms with van der Waals surface area (Å²) in [6.45, 7) is 0.623. The van der Waals surface area contributed by atoms with Gasteiger partial charge in [0.15, 0.2) is 0 Å². The third kappa shape index (κ3) is 2.67. The Hall–Kier alpha value is -2.04. The zero-order valence-electron chi connectivity index (χ0n) is 13.1. The second-order valence-corrected chi connectivity index (χ2v) is 6.29. The monoisotopic (exact) mass is 302 g/mol. The van der Waals surface area contributed by atoms with Gasteiger partial charge in [0.25, 0.3) is 0 Å². The first kappa shape index (κ1) is 14.9. The van der Waals surface area contributed by atoms with Crippen LogP contribution in [0.25, 0.3) is 0 Å². The zero-order valence-corrected chi connectivity index (χ0v) is 13.1. The molecule has 1 aliphatic heterocycles. The van der Waals surface area contributed by atoms with Crippen LogP contribution in [0.5, 0.6) is 5.75 Å². The van der Waals surface area contributed by atoms with Gasteiger partial charge in [-0.05, 0) is 37.0 Å². The number of likely N-dealkylation sites (N-methyl/N-ethyl adjacent to an activating group) is 1. The predicted molar refractivity (Wildman–Crippen MR) is 82.7 cm³/mol. The maximum atomic E-state index is 12.3. The fraction of sp³-hybridized carbons (Fsp3) is 0.529. The summed E-state index contributed by atoms with van der Waals surface area (Å²) >= 11 is 0. The fourth-order valence-electron chi connectivity index (χ4n) is 3.16. The Balaban J connectivity index is 1.63. The van der Waals surface area contributed by atoms with Crippen LogP contribution in [0.2, 0.25) is 0 Å². The SMILES string of the molecule is COc1cccc(C2(CNC(=O)[C@H]3CCC(=O)N3C)CC2)c1. The van der Waals surface area contributed by atoms with E-state index < -0.39 is 0 Å². The standard InChI is InChI=1S/C17H22N2O3/c1-19-14(6-7-15(19)20)16(21)18-11-17(8-9-17)12-4-3-5-13(10-12)22-2/h3-5,10,14H,6-9,11H2,1-2H3,(H,18,21)/t14-/m1/s1. The Bertz CT molecular complexity index is 595. The highest BCUT2D eigenvalue weighted by atomic mass is 16.5. The van der Waals surface area contributed by atoms with Gasteiger partial charge in [0.05, 0.1) is 7.11 Å². The maximum absolute atomic E-state index is 12.3. The number of nitrogens with zero attached hydrogens (tertiary/aromatic N) is 1. The minimum absolute atomic E-state index is 0.0331. The van der Waals surface area contributed by atoms with Gasteiger partial charge in [-0.15, -0.1) is 0 Å². The number of rotatable bonds is 5. The molecule has 2 amide bonds. The van der Waals surface area contributed by atoms with Gasteiger partial charge in [-0.3, -0.25) is 9.59 Å². The molecule has 0 bridgehead atoms. The number of hydrogen-bond donors (Lipinski definition) is 1. The number of carbonyl (C=O) groups is 2. The smallest absolute Gasteiger partial charge is 0.242 e. The van der Waals surface area contributed by atoms with Gasteiger partial charge in [-0.2, -0.15) is 0 Å². The molecule has 1 saturated heterocycles. The van der Waals surface area contributed by atoms with Crippen LogP contribution in [-0.4, -0.2) is 43.5 Å². The van der Waals surface area contributed by atoms with Crippen molar-refractivity contribution in [3.05, 3.63) is 29.8 Å². The lowest BCUT2D eigenvalue weighted by Gasteiger charge is -2.22. The minimum Gasteiger partial charge on any atom is -0.497 e. The van der Waals surface area contributed by atoms with E-state index in [1.807, 2.05) is 18.2 Å². The molecular weight excluding hydrogens is 280 g/mol. The van der Waals surface area contributed by atoms with Crippen molar-refractivity contribution in [1.29, 1.82) is 0 Å². The van der Waals surface area contributed by atoms with Crippen molar-refractivity contribution in [1.82, 2.24) is 10.2 Å². The highest BCUT2D eigenvalue weighted by Crippen LogP contribution is 2.48. The van der Waals surface area contributed by atoms with Gasteiger partial charge in [0, 0.05) is 25.4 Å². The van der Waals surface area contributed by atoms with Crippen LogP contribution >= 0.6 is 0 Å². The molecule has 1 heterocycles. The molecule has 2 fully saturated rings. The first-order chi connectivity index (χ1) is 10.6. The molecular formula is C17H22N2O3. The van der Waals surface area contributed by atoms with Crippen molar-refractivity contribution in [2.45, 2.75) is 37.1 Å². The molecule has 1 aromatic rings. The molecule has 0 aromatic heterocycles. The summed E-state index contributed by atoms with van der Waals surface area (Å²) in [5.41, 5.74) is 1.24. The highest BCUT2D eigenvalue weighted by Gasteiger charge is 2.45. The summed E-state index contributed by atoms with van der Waals surface area (Å²) in [7, 11) is 3.36. The largest absolute Gasteiger partial charge is 0.497 e. The second kappa shape index (κ2) is 5.63. The number of hydrogen-bond acceptors (Lipinski definition) is 3. The van der Waals surface area contributed by atoms with Gasteiger partial charge in [0.1, 0.15) is 11.8 Å². The molecule has 1 atom stereocenters. The molecule has 1 saturated carbocycles. The van der Waals surface area contributed by atoms with Crippen molar-refractivity contribution in [2.24, 2.45) is 0 Å². The molecule has 0 unspecified atom stereocenters. The lowest BCUT2D eigenvalue weighted by Crippen LogP contribution is -2.45. The van der Waals surface area contributed by atoms with E-state index >= 15 is 0 Å². The van der Waals surface area contributed by atoms with Gasteiger partial charge in [-0.1, -0.05) is 12.1 Å². The van der Waals surface area contributed by atoms with Crippen molar-refractivity contribution >= 4 is 11.8 Å². The topological polar surface area (TPSA) is 58.6 Å². The van der Waals surface area contributed by atoms with E-state index in [0.717, 1.165) is 18.6 Å². The number of carbonyl (C=O) groups excluding carboxylic acids is 2. The number of methoxy groups -OCH3 is 1. The van der Waals surface area contributed by atoms with Crippen LogP contribution in [0.15, 0.2) is 24.3 Å². The van der Waals surface area contributed by atoms with Crippen molar-refractivity contribution in [3.63, 3.8) is 0 Å². The number of amides is 2. The summed E-state index contributed by atoms with van der Waals surface area (Å²) in [6.07, 6.45) is 3.22. The molecule has 1 aromatic carbocycles. The van der Waals surface area contributed by atoms with Crippen LogP contribution in [0.4, 0.5) is 0 Å². The van der Waals surface area contributed by atoms with E-state index in [4.69, 9.17) is 4.74 Å². The molecule has 0 spiro atoms. The quantitative estimate of drug-likeness (QED) is 0.896. The summed E-state index contributed by atoms with van der Waals surface area (Å²) in [4.78, 5) is 25.4. The molecule has 1 aliphatic carbocycles. The van der Waals surface area contributed by atoms with Crippen LogP contribution in [0.1, 0.15) is 31.2 Å². The predicted octanol–water partition coefficient (Wildman–Crippen LogP) is 1.46. The molecule has 0 radical (unpaired) electrons. The summed E-state index contributed by atoms with van der Waals surface area (Å²) in [6, 6.07) is 7.74. The molecule has 1 N–H and O–H groups in total. The number of likely N-dealkylation sites (tertiary alicyclic amines) is 1. The Kier molecular flexibility index (Phi) is 3.81. The van der Waals surface area contributed by atoms with E-state index in [1.54, 1.807) is 19.1 Å². The summed E-state index contributed by atoms with van der Waals surface area (Å²) in [5, 5.41) is 3.04. The highest BCUT2D eigenvalue weighted by molar-refractivity contribution is 5.90. The van der Waals surface area contributed by atoms with Crippen molar-refractivity contribution in [2.75, 3.05) is 20.7 Å². The number of benzene rings is 1. The summed E-state index contributed by atoms with van der Waals surface area (Å²) < 4.78 is 5.28. The van der Waals surface area contributed by atoms with E-state index in [1.165, 1.54) is 5.56 Å². The second-order valence-electron chi connectivity index (χ2n) is 6.29. The average molecular weight is 302 g/mol. The molecule has 118 valence electrons. The zero-order chi connectivity index (χ0) is 15.7. The maximum Gasteiger partial charge on any atom is 0.242 e. The van der Waals surface area contributed by atoms with E-state index in [2.05, 4.69) is 11.4 Å². The van der Waals surface area contributed by atoms with Crippen molar-refractivity contribution < 1.29 is 14.3 Å². The molecule has 3 rings (SSSR count). The fourth-order valence-corrected chi connectivity index (χ4v) is 3.16. The average Bonchev–Trinajstić information content (AvgIpc) is 3.27. The normalized spacial score (nSPS) is 22.5. The van der Waals surface area contributed by atoms with Gasteiger partial charge in [-0.25, -0.2) is 0 Å². The Morgan fingerprint density at radius 3 is 2.82 bits per heavy atom. The van der Waals surface area contributed by atoms with E-state index in [-0.39, 0.29) is 23.3 Å². The molecule has 2 aliphatic rings. The van der Waals surface area contributed by atoms with Crippen LogP contribution in [-0.2, 0) is 15.0 Å². The third-order valence-electron chi connectivity index (χ3n) is 4.93. The minimum atomic E-state index is -0.311. The number of ether oxygens (including phenoxy) is 1. The van der Waals surface area contributed by atoms with Gasteiger partial charge in [0.2, 0.25) is 11.8 Å². The van der Waals surface area contributed by atoms with Crippen LogP contribution < -0.4 is 10.1 Å². The Morgan fingerprint density at radius 2 is 2.23 bits per heavy atom. The van der Waals surface area contributed by atoms with Crippen molar-refractivity contribution in [3.8, 4) is 5.75 Å².